The lowest BCUT2D eigenvalue weighted by Gasteiger charge is -2.23. The van der Waals surface area contributed by atoms with Crippen molar-refractivity contribution >= 4 is 28.3 Å². The van der Waals surface area contributed by atoms with Gasteiger partial charge in [0.2, 0.25) is 0 Å². The van der Waals surface area contributed by atoms with E-state index in [0.29, 0.717) is 41.1 Å². The third-order valence-corrected chi connectivity index (χ3v) is 7.81. The Morgan fingerprint density at radius 1 is 1.10 bits per heavy atom. The molecule has 0 aliphatic heterocycles. The summed E-state index contributed by atoms with van der Waals surface area (Å²) in [6.45, 7) is 10.3. The predicted octanol–water partition coefficient (Wildman–Crippen LogP) is 6.43. The lowest BCUT2D eigenvalue weighted by atomic mass is 10.0. The van der Waals surface area contributed by atoms with Crippen LogP contribution in [0, 0.1) is 6.01 Å². The van der Waals surface area contributed by atoms with Crippen molar-refractivity contribution in [3.05, 3.63) is 83.1 Å². The minimum atomic E-state index is -1.25. The smallest absolute Gasteiger partial charge is 0.310 e. The van der Waals surface area contributed by atoms with Gasteiger partial charge in [-0.3, -0.25) is 9.78 Å². The predicted molar refractivity (Wildman–Crippen MR) is 155 cm³/mol. The van der Waals surface area contributed by atoms with Gasteiger partial charge < -0.3 is 18.4 Å². The molecule has 40 heavy (non-hydrogen) atoms. The average molecular weight is 567 g/mol. The van der Waals surface area contributed by atoms with Crippen LogP contribution in [0.1, 0.15) is 57.0 Å². The first-order chi connectivity index (χ1) is 19.1. The maximum Gasteiger partial charge on any atom is 0.310 e. The van der Waals surface area contributed by atoms with Gasteiger partial charge in [0, 0.05) is 40.1 Å². The van der Waals surface area contributed by atoms with Crippen LogP contribution in [0.4, 0.5) is 4.39 Å². The minimum Gasteiger partial charge on any atom is -0.598 e. The molecule has 0 saturated heterocycles. The van der Waals surface area contributed by atoms with Crippen LogP contribution in [0.3, 0.4) is 0 Å². The van der Waals surface area contributed by atoms with E-state index in [2.05, 4.69) is 16.6 Å². The summed E-state index contributed by atoms with van der Waals surface area (Å²) in [5, 5.41) is 0.605. The zero-order valence-corrected chi connectivity index (χ0v) is 24.3. The number of hydrogen-bond donors (Lipinski definition) is 1. The van der Waals surface area contributed by atoms with Crippen LogP contribution in [-0.4, -0.2) is 26.9 Å². The van der Waals surface area contributed by atoms with Crippen LogP contribution >= 0.6 is 0 Å². The van der Waals surface area contributed by atoms with Gasteiger partial charge in [-0.2, -0.15) is 4.39 Å². The number of hydrogen-bond acceptors (Lipinski definition) is 7. The molecule has 1 atom stereocenters. The van der Waals surface area contributed by atoms with Crippen molar-refractivity contribution < 1.29 is 27.6 Å². The largest absolute Gasteiger partial charge is 0.598 e. The summed E-state index contributed by atoms with van der Waals surface area (Å²) in [5.41, 5.74) is 5.21. The van der Waals surface area contributed by atoms with E-state index in [1.807, 2.05) is 63.2 Å². The van der Waals surface area contributed by atoms with Gasteiger partial charge >= 0.3 is 5.97 Å². The number of aryl methyl sites for hydroxylation is 1. The number of esters is 1. The number of aromatic nitrogens is 1. The van der Waals surface area contributed by atoms with Crippen molar-refractivity contribution in [3.63, 3.8) is 0 Å². The van der Waals surface area contributed by atoms with Crippen molar-refractivity contribution in [1.82, 2.24) is 9.71 Å². The molecule has 212 valence electrons. The molecule has 1 N–H and O–H groups in total. The first-order valence-electron chi connectivity index (χ1n) is 13.3. The SMILES string of the molecule is CCOC(=O)Cc1ccc(CC)cc1OCc1cc(-c2ccnc(CN[S@@+]([O-])C(C)(C)C)c2)c2oc(F)cc2c1. The molecule has 4 aromatic rings. The fourth-order valence-corrected chi connectivity index (χ4v) is 4.92. The Kier molecular flexibility index (Phi) is 9.50. The summed E-state index contributed by atoms with van der Waals surface area (Å²) in [6.07, 6.45) is 2.60. The first-order valence-corrected chi connectivity index (χ1v) is 14.4. The number of carbonyl (C=O) groups excluding carboxylic acids is 1. The van der Waals surface area contributed by atoms with E-state index >= 15 is 0 Å². The van der Waals surface area contributed by atoms with Crippen molar-refractivity contribution in [2.45, 2.75) is 65.4 Å². The minimum absolute atomic E-state index is 0.109. The number of rotatable bonds is 11. The van der Waals surface area contributed by atoms with Crippen LogP contribution in [0.2, 0.25) is 0 Å². The second kappa shape index (κ2) is 12.8. The van der Waals surface area contributed by atoms with E-state index < -0.39 is 22.1 Å². The number of ether oxygens (including phenoxy) is 2. The Labute approximate surface area is 237 Å². The molecule has 0 bridgehead atoms. The maximum absolute atomic E-state index is 14.2. The Morgan fingerprint density at radius 3 is 2.62 bits per heavy atom. The van der Waals surface area contributed by atoms with E-state index in [1.54, 1.807) is 13.1 Å². The van der Waals surface area contributed by atoms with Crippen LogP contribution in [0.25, 0.3) is 22.1 Å². The molecule has 0 amide bonds. The number of fused-ring (bicyclic) bond motifs is 1. The first kappa shape index (κ1) is 29.6. The Hall–Kier alpha value is -3.40. The number of pyridine rings is 1. The summed E-state index contributed by atoms with van der Waals surface area (Å²) in [7, 11) is 0. The van der Waals surface area contributed by atoms with Crippen molar-refractivity contribution in [3.8, 4) is 16.9 Å². The molecule has 4 rings (SSSR count). The number of carbonyl (C=O) groups is 1. The standard InChI is InChI=1S/C31H35FN2O5S/c1-6-20-8-9-23(17-29(35)37-7-2)27(14-20)38-19-21-12-24-16-28(32)39-30(24)26(13-21)22-10-11-33-25(15-22)18-34-40(36)31(3,4)5/h8-16,34H,6-7,17-19H2,1-5H3/t40-/m0/s1. The third kappa shape index (κ3) is 7.41. The second-order valence-electron chi connectivity index (χ2n) is 10.4. The van der Waals surface area contributed by atoms with Gasteiger partial charge in [0.05, 0.1) is 25.3 Å². The monoisotopic (exact) mass is 566 g/mol. The van der Waals surface area contributed by atoms with Crippen molar-refractivity contribution in [2.24, 2.45) is 0 Å². The highest BCUT2D eigenvalue weighted by Crippen LogP contribution is 2.33. The summed E-state index contributed by atoms with van der Waals surface area (Å²) < 4.78 is 46.0. The van der Waals surface area contributed by atoms with Crippen LogP contribution in [-0.2, 0) is 46.9 Å². The zero-order valence-electron chi connectivity index (χ0n) is 23.5. The number of halogens is 1. The molecule has 2 aromatic carbocycles. The van der Waals surface area contributed by atoms with E-state index in [1.165, 1.54) is 6.07 Å². The summed E-state index contributed by atoms with van der Waals surface area (Å²) in [6, 6.07) is 13.9. The van der Waals surface area contributed by atoms with Crippen LogP contribution < -0.4 is 9.46 Å². The van der Waals surface area contributed by atoms with Gasteiger partial charge in [0.15, 0.2) is 0 Å². The van der Waals surface area contributed by atoms with E-state index in [9.17, 15) is 13.7 Å². The lowest BCUT2D eigenvalue weighted by molar-refractivity contribution is -0.142. The molecule has 0 saturated carbocycles. The Morgan fingerprint density at radius 2 is 1.90 bits per heavy atom. The molecule has 7 nitrogen and oxygen atoms in total. The highest BCUT2D eigenvalue weighted by Gasteiger charge is 2.26. The molecule has 0 fully saturated rings. The van der Waals surface area contributed by atoms with E-state index in [-0.39, 0.29) is 19.0 Å². The maximum atomic E-state index is 14.2. The van der Waals surface area contributed by atoms with E-state index in [4.69, 9.17) is 13.9 Å². The summed E-state index contributed by atoms with van der Waals surface area (Å²) in [4.78, 5) is 16.6. The summed E-state index contributed by atoms with van der Waals surface area (Å²) >= 11 is -1.25. The lowest BCUT2D eigenvalue weighted by Crippen LogP contribution is -2.39. The number of nitrogens with zero attached hydrogens (tertiary/aromatic N) is 1. The molecular weight excluding hydrogens is 531 g/mol. The molecular formula is C31H35FN2O5S. The Bertz CT molecular complexity index is 1480. The molecule has 0 radical (unpaired) electrons. The fraction of sp³-hybridized carbons (Fsp3) is 0.355. The second-order valence-corrected chi connectivity index (χ2v) is 12.5. The van der Waals surface area contributed by atoms with Crippen LogP contribution in [0.5, 0.6) is 5.75 Å². The molecule has 2 aromatic heterocycles. The zero-order chi connectivity index (χ0) is 28.9. The average Bonchev–Trinajstić information content (AvgIpc) is 3.30. The number of benzene rings is 2. The van der Waals surface area contributed by atoms with Gasteiger partial charge in [-0.1, -0.05) is 19.1 Å². The highest BCUT2D eigenvalue weighted by atomic mass is 32.2. The molecule has 9 heteroatoms. The Balaban J connectivity index is 1.62. The van der Waals surface area contributed by atoms with Gasteiger partial charge in [-0.15, -0.1) is 4.72 Å². The molecule has 0 spiro atoms. The topological polar surface area (TPSA) is 96.7 Å². The van der Waals surface area contributed by atoms with Gasteiger partial charge in [-0.25, -0.2) is 0 Å². The quantitative estimate of drug-likeness (QED) is 0.165. The summed E-state index contributed by atoms with van der Waals surface area (Å²) in [5.74, 6) is 0.292. The van der Waals surface area contributed by atoms with Crippen LogP contribution in [0.15, 0.2) is 59.1 Å². The third-order valence-electron chi connectivity index (χ3n) is 6.29. The fourth-order valence-electron chi connectivity index (χ4n) is 4.21. The highest BCUT2D eigenvalue weighted by molar-refractivity contribution is 7.90. The number of furan rings is 1. The van der Waals surface area contributed by atoms with Gasteiger partial charge in [0.1, 0.15) is 22.7 Å². The van der Waals surface area contributed by atoms with Crippen molar-refractivity contribution in [2.75, 3.05) is 6.61 Å². The van der Waals surface area contributed by atoms with E-state index in [0.717, 1.165) is 28.7 Å². The van der Waals surface area contributed by atoms with Crippen molar-refractivity contribution in [1.29, 1.82) is 0 Å². The normalized spacial score (nSPS) is 12.5. The molecule has 0 unspecified atom stereocenters. The number of nitrogens with one attached hydrogen (secondary N) is 1. The molecule has 0 aliphatic carbocycles. The molecule has 2 heterocycles. The van der Waals surface area contributed by atoms with Gasteiger partial charge in [0.25, 0.3) is 6.01 Å². The molecule has 0 aliphatic rings. The van der Waals surface area contributed by atoms with Gasteiger partial charge in [-0.05, 0) is 81.1 Å².